The first kappa shape index (κ1) is 17.2. The van der Waals surface area contributed by atoms with E-state index >= 15 is 0 Å². The Hall–Kier alpha value is -3.27. The fourth-order valence-corrected chi connectivity index (χ4v) is 3.60. The molecule has 1 unspecified atom stereocenters. The van der Waals surface area contributed by atoms with E-state index in [2.05, 4.69) is 5.32 Å². The summed E-state index contributed by atoms with van der Waals surface area (Å²) in [5, 5.41) is 3.59. The first-order valence-corrected chi connectivity index (χ1v) is 8.99. The molecule has 3 aromatic carbocycles. The van der Waals surface area contributed by atoms with Gasteiger partial charge in [-0.2, -0.15) is 0 Å². The van der Waals surface area contributed by atoms with E-state index in [0.29, 0.717) is 12.1 Å². The SMILES string of the molecule is COc1ccc(C2(C)Nc3ccccc3C(=O)N2Cc2ccccc2)cc1. The molecule has 136 valence electrons. The Morgan fingerprint density at radius 3 is 2.30 bits per heavy atom. The van der Waals surface area contributed by atoms with Gasteiger partial charge < -0.3 is 15.0 Å². The number of para-hydroxylation sites is 1. The Bertz CT molecular complexity index is 954. The van der Waals surface area contributed by atoms with Gasteiger partial charge in [0.15, 0.2) is 0 Å². The Balaban J connectivity index is 1.81. The predicted octanol–water partition coefficient (Wildman–Crippen LogP) is 4.64. The highest BCUT2D eigenvalue weighted by Gasteiger charge is 2.42. The van der Waals surface area contributed by atoms with Crippen molar-refractivity contribution in [3.63, 3.8) is 0 Å². The molecule has 0 saturated heterocycles. The van der Waals surface area contributed by atoms with Crippen LogP contribution in [0.25, 0.3) is 0 Å². The normalized spacial score (nSPS) is 18.6. The van der Waals surface area contributed by atoms with E-state index < -0.39 is 5.66 Å². The second-order valence-electron chi connectivity index (χ2n) is 6.85. The lowest BCUT2D eigenvalue weighted by Gasteiger charge is -2.47. The minimum atomic E-state index is -0.673. The molecule has 1 aliphatic heterocycles. The van der Waals surface area contributed by atoms with Crippen molar-refractivity contribution < 1.29 is 9.53 Å². The standard InChI is InChI=1S/C23H22N2O2/c1-23(18-12-14-19(27-2)15-13-18)24-21-11-7-6-10-20(21)22(26)25(23)16-17-8-4-3-5-9-17/h3-15,24H,16H2,1-2H3. The number of benzene rings is 3. The molecule has 1 N–H and O–H groups in total. The molecule has 0 aliphatic carbocycles. The maximum absolute atomic E-state index is 13.4. The number of nitrogens with zero attached hydrogens (tertiary/aromatic N) is 1. The van der Waals surface area contributed by atoms with Crippen LogP contribution in [0.2, 0.25) is 0 Å². The van der Waals surface area contributed by atoms with Crippen molar-refractivity contribution in [1.29, 1.82) is 0 Å². The third-order valence-electron chi connectivity index (χ3n) is 5.16. The summed E-state index contributed by atoms with van der Waals surface area (Å²) in [5.74, 6) is 0.811. The van der Waals surface area contributed by atoms with Crippen LogP contribution >= 0.6 is 0 Å². The zero-order valence-corrected chi connectivity index (χ0v) is 15.5. The summed E-state index contributed by atoms with van der Waals surface area (Å²) < 4.78 is 5.29. The highest BCUT2D eigenvalue weighted by molar-refractivity contribution is 6.02. The van der Waals surface area contributed by atoms with E-state index in [1.54, 1.807) is 7.11 Å². The molecule has 1 heterocycles. The second kappa shape index (κ2) is 6.80. The predicted molar refractivity (Wildman–Crippen MR) is 107 cm³/mol. The van der Waals surface area contributed by atoms with Gasteiger partial charge in [0.2, 0.25) is 0 Å². The number of hydrogen-bond acceptors (Lipinski definition) is 3. The summed E-state index contributed by atoms with van der Waals surface area (Å²) in [7, 11) is 1.65. The molecule has 0 radical (unpaired) electrons. The topological polar surface area (TPSA) is 41.6 Å². The maximum atomic E-state index is 13.4. The van der Waals surface area contributed by atoms with Crippen molar-refractivity contribution in [2.45, 2.75) is 19.1 Å². The van der Waals surface area contributed by atoms with Gasteiger partial charge in [0, 0.05) is 12.2 Å². The fraction of sp³-hybridized carbons (Fsp3) is 0.174. The lowest BCUT2D eigenvalue weighted by atomic mass is 9.93. The summed E-state index contributed by atoms with van der Waals surface area (Å²) in [6, 6.07) is 25.6. The molecule has 4 nitrogen and oxygen atoms in total. The van der Waals surface area contributed by atoms with Crippen LogP contribution in [0.15, 0.2) is 78.9 Å². The number of amides is 1. The maximum Gasteiger partial charge on any atom is 0.258 e. The number of carbonyl (C=O) groups excluding carboxylic acids is 1. The summed E-state index contributed by atoms with van der Waals surface area (Å²) in [6.07, 6.45) is 0. The number of anilines is 1. The molecule has 0 fully saturated rings. The second-order valence-corrected chi connectivity index (χ2v) is 6.85. The van der Waals surface area contributed by atoms with Gasteiger partial charge >= 0.3 is 0 Å². The van der Waals surface area contributed by atoms with Crippen molar-refractivity contribution in [2.75, 3.05) is 12.4 Å². The molecule has 1 amide bonds. The van der Waals surface area contributed by atoms with Gasteiger partial charge in [0.1, 0.15) is 11.4 Å². The van der Waals surface area contributed by atoms with Crippen LogP contribution in [0.1, 0.15) is 28.4 Å². The van der Waals surface area contributed by atoms with Crippen LogP contribution in [0.3, 0.4) is 0 Å². The number of hydrogen-bond donors (Lipinski definition) is 1. The van der Waals surface area contributed by atoms with Crippen molar-refractivity contribution in [1.82, 2.24) is 4.90 Å². The molecule has 0 saturated carbocycles. The first-order chi connectivity index (χ1) is 13.1. The Morgan fingerprint density at radius 1 is 0.926 bits per heavy atom. The number of fused-ring (bicyclic) bond motifs is 1. The highest BCUT2D eigenvalue weighted by Crippen LogP contribution is 2.39. The molecular weight excluding hydrogens is 336 g/mol. The van der Waals surface area contributed by atoms with Crippen LogP contribution in [0.4, 0.5) is 5.69 Å². The number of methoxy groups -OCH3 is 1. The van der Waals surface area contributed by atoms with Gasteiger partial charge in [-0.05, 0) is 42.3 Å². The molecule has 0 spiro atoms. The Labute approximate surface area is 159 Å². The minimum absolute atomic E-state index is 0.0199. The average Bonchev–Trinajstić information content (AvgIpc) is 2.72. The lowest BCUT2D eigenvalue weighted by Crippen LogP contribution is -2.55. The number of nitrogens with one attached hydrogen (secondary N) is 1. The van der Waals surface area contributed by atoms with E-state index in [1.807, 2.05) is 90.7 Å². The van der Waals surface area contributed by atoms with E-state index in [1.165, 1.54) is 0 Å². The van der Waals surface area contributed by atoms with Crippen molar-refractivity contribution in [3.05, 3.63) is 95.6 Å². The van der Waals surface area contributed by atoms with Crippen LogP contribution in [0.5, 0.6) is 5.75 Å². The van der Waals surface area contributed by atoms with Crippen LogP contribution in [0, 0.1) is 0 Å². The van der Waals surface area contributed by atoms with Gasteiger partial charge in [-0.1, -0.05) is 54.6 Å². The zero-order valence-electron chi connectivity index (χ0n) is 15.5. The van der Waals surface area contributed by atoms with Crippen LogP contribution < -0.4 is 10.1 Å². The number of carbonyl (C=O) groups is 1. The quantitative estimate of drug-likeness (QED) is 0.739. The average molecular weight is 358 g/mol. The van der Waals surface area contributed by atoms with Gasteiger partial charge in [0.25, 0.3) is 5.91 Å². The monoisotopic (exact) mass is 358 g/mol. The highest BCUT2D eigenvalue weighted by atomic mass is 16.5. The van der Waals surface area contributed by atoms with E-state index in [-0.39, 0.29) is 5.91 Å². The summed E-state index contributed by atoms with van der Waals surface area (Å²) in [5.41, 5.74) is 2.96. The molecule has 27 heavy (non-hydrogen) atoms. The molecule has 1 aliphatic rings. The Kier molecular flexibility index (Phi) is 4.32. The van der Waals surface area contributed by atoms with E-state index in [9.17, 15) is 4.79 Å². The van der Waals surface area contributed by atoms with Crippen molar-refractivity contribution >= 4 is 11.6 Å². The van der Waals surface area contributed by atoms with Crippen molar-refractivity contribution in [3.8, 4) is 5.75 Å². The van der Waals surface area contributed by atoms with Gasteiger partial charge in [-0.3, -0.25) is 4.79 Å². The smallest absolute Gasteiger partial charge is 0.258 e. The van der Waals surface area contributed by atoms with Crippen molar-refractivity contribution in [2.24, 2.45) is 0 Å². The van der Waals surface area contributed by atoms with Gasteiger partial charge in [-0.25, -0.2) is 0 Å². The lowest BCUT2D eigenvalue weighted by molar-refractivity contribution is 0.0509. The summed E-state index contributed by atoms with van der Waals surface area (Å²) in [6.45, 7) is 2.56. The third kappa shape index (κ3) is 3.04. The fourth-order valence-electron chi connectivity index (χ4n) is 3.60. The number of rotatable bonds is 4. The minimum Gasteiger partial charge on any atom is -0.497 e. The van der Waals surface area contributed by atoms with Gasteiger partial charge in [0.05, 0.1) is 12.7 Å². The molecule has 0 aromatic heterocycles. The third-order valence-corrected chi connectivity index (χ3v) is 5.16. The number of ether oxygens (including phenoxy) is 1. The van der Waals surface area contributed by atoms with Crippen LogP contribution in [-0.4, -0.2) is 17.9 Å². The summed E-state index contributed by atoms with van der Waals surface area (Å²) >= 11 is 0. The zero-order chi connectivity index (χ0) is 18.9. The molecule has 3 aromatic rings. The first-order valence-electron chi connectivity index (χ1n) is 8.99. The molecule has 0 bridgehead atoms. The largest absolute Gasteiger partial charge is 0.497 e. The molecule has 4 heteroatoms. The summed E-state index contributed by atoms with van der Waals surface area (Å²) in [4.78, 5) is 15.3. The van der Waals surface area contributed by atoms with Crippen LogP contribution in [-0.2, 0) is 12.2 Å². The Morgan fingerprint density at radius 2 is 1.59 bits per heavy atom. The van der Waals surface area contributed by atoms with Gasteiger partial charge in [-0.15, -0.1) is 0 Å². The molecule has 1 atom stereocenters. The molecule has 4 rings (SSSR count). The van der Waals surface area contributed by atoms with E-state index in [0.717, 1.165) is 22.6 Å². The van der Waals surface area contributed by atoms with E-state index in [4.69, 9.17) is 4.74 Å². The molecular formula is C23H22N2O2.